The highest BCUT2D eigenvalue weighted by atomic mass is 16.5. The van der Waals surface area contributed by atoms with E-state index in [0.29, 0.717) is 29.4 Å². The Morgan fingerprint density at radius 2 is 1.85 bits per heavy atom. The predicted octanol–water partition coefficient (Wildman–Crippen LogP) is 4.48. The van der Waals surface area contributed by atoms with E-state index in [1.54, 1.807) is 37.6 Å². The second-order valence-corrected chi connectivity index (χ2v) is 5.67. The number of aromatic nitrogens is 1. The number of rotatable bonds is 7. The van der Waals surface area contributed by atoms with Crippen molar-refractivity contribution in [2.45, 2.75) is 6.92 Å². The number of carbonyl (C=O) groups is 1. The summed E-state index contributed by atoms with van der Waals surface area (Å²) in [5.41, 5.74) is 1.97. The maximum atomic E-state index is 12.5. The fourth-order valence-corrected chi connectivity index (χ4v) is 2.53. The van der Waals surface area contributed by atoms with Gasteiger partial charge in [-0.3, -0.25) is 4.79 Å². The Balaban J connectivity index is 1.71. The first-order valence-electron chi connectivity index (χ1n) is 8.60. The van der Waals surface area contributed by atoms with Crippen LogP contribution in [0.5, 0.6) is 11.5 Å². The smallest absolute Gasteiger partial charge is 0.255 e. The summed E-state index contributed by atoms with van der Waals surface area (Å²) < 4.78 is 10.7. The minimum absolute atomic E-state index is 0.218. The van der Waals surface area contributed by atoms with Crippen molar-refractivity contribution in [2.75, 3.05) is 24.4 Å². The lowest BCUT2D eigenvalue weighted by atomic mass is 10.2. The number of carbonyl (C=O) groups excluding carboxylic acids is 1. The quantitative estimate of drug-likeness (QED) is 0.647. The molecular weight excluding hydrogens is 342 g/mol. The number of para-hydroxylation sites is 2. The van der Waals surface area contributed by atoms with Crippen LogP contribution in [0.1, 0.15) is 17.3 Å². The SMILES string of the molecule is CCOc1ccc(NC(=O)c2ccnc(Nc3ccccc3OC)c2)cc1. The van der Waals surface area contributed by atoms with E-state index in [9.17, 15) is 4.79 Å². The van der Waals surface area contributed by atoms with Gasteiger partial charge in [-0.15, -0.1) is 0 Å². The minimum atomic E-state index is -0.218. The van der Waals surface area contributed by atoms with E-state index >= 15 is 0 Å². The second kappa shape index (κ2) is 8.71. The van der Waals surface area contributed by atoms with Gasteiger partial charge in [0.15, 0.2) is 0 Å². The van der Waals surface area contributed by atoms with Crippen molar-refractivity contribution in [2.24, 2.45) is 0 Å². The minimum Gasteiger partial charge on any atom is -0.495 e. The number of nitrogens with zero attached hydrogens (tertiary/aromatic N) is 1. The Morgan fingerprint density at radius 1 is 1.07 bits per heavy atom. The van der Waals surface area contributed by atoms with E-state index in [1.165, 1.54) is 0 Å². The highest BCUT2D eigenvalue weighted by Gasteiger charge is 2.09. The molecule has 3 aromatic rings. The summed E-state index contributed by atoms with van der Waals surface area (Å²) >= 11 is 0. The molecule has 27 heavy (non-hydrogen) atoms. The number of anilines is 3. The highest BCUT2D eigenvalue weighted by Crippen LogP contribution is 2.26. The van der Waals surface area contributed by atoms with E-state index in [0.717, 1.165) is 11.4 Å². The number of ether oxygens (including phenoxy) is 2. The Bertz CT molecular complexity index is 911. The molecule has 0 atom stereocenters. The summed E-state index contributed by atoms with van der Waals surface area (Å²) in [7, 11) is 1.61. The normalized spacial score (nSPS) is 10.1. The van der Waals surface area contributed by atoms with Gasteiger partial charge in [0.05, 0.1) is 19.4 Å². The van der Waals surface area contributed by atoms with Gasteiger partial charge in [0.25, 0.3) is 5.91 Å². The van der Waals surface area contributed by atoms with Crippen molar-refractivity contribution < 1.29 is 14.3 Å². The summed E-state index contributed by atoms with van der Waals surface area (Å²) in [6, 6.07) is 18.1. The summed E-state index contributed by atoms with van der Waals surface area (Å²) in [5.74, 6) is 1.80. The van der Waals surface area contributed by atoms with Gasteiger partial charge in [0.1, 0.15) is 17.3 Å². The molecule has 0 spiro atoms. The van der Waals surface area contributed by atoms with Gasteiger partial charge < -0.3 is 20.1 Å². The van der Waals surface area contributed by atoms with Crippen LogP contribution in [-0.2, 0) is 0 Å². The zero-order valence-electron chi connectivity index (χ0n) is 15.2. The van der Waals surface area contributed by atoms with E-state index in [-0.39, 0.29) is 5.91 Å². The Labute approximate surface area is 158 Å². The van der Waals surface area contributed by atoms with E-state index in [4.69, 9.17) is 9.47 Å². The molecule has 6 heteroatoms. The molecule has 1 aromatic heterocycles. The number of nitrogens with one attached hydrogen (secondary N) is 2. The lowest BCUT2D eigenvalue weighted by Crippen LogP contribution is -2.12. The molecule has 2 N–H and O–H groups in total. The fourth-order valence-electron chi connectivity index (χ4n) is 2.53. The Kier molecular flexibility index (Phi) is 5.89. The molecular formula is C21H21N3O3. The number of benzene rings is 2. The van der Waals surface area contributed by atoms with Crippen LogP contribution in [0.15, 0.2) is 66.9 Å². The number of hydrogen-bond donors (Lipinski definition) is 2. The summed E-state index contributed by atoms with van der Waals surface area (Å²) in [5, 5.41) is 6.04. The van der Waals surface area contributed by atoms with Crippen molar-refractivity contribution >= 4 is 23.1 Å². The monoisotopic (exact) mass is 363 g/mol. The Morgan fingerprint density at radius 3 is 2.59 bits per heavy atom. The van der Waals surface area contributed by atoms with Crippen LogP contribution in [0.25, 0.3) is 0 Å². The lowest BCUT2D eigenvalue weighted by molar-refractivity contribution is 0.102. The molecule has 0 saturated carbocycles. The van der Waals surface area contributed by atoms with E-state index < -0.39 is 0 Å². The van der Waals surface area contributed by atoms with Gasteiger partial charge in [-0.05, 0) is 55.5 Å². The number of amides is 1. The van der Waals surface area contributed by atoms with Gasteiger partial charge in [-0.2, -0.15) is 0 Å². The fraction of sp³-hybridized carbons (Fsp3) is 0.143. The van der Waals surface area contributed by atoms with Gasteiger partial charge in [0, 0.05) is 17.4 Å². The van der Waals surface area contributed by atoms with Crippen LogP contribution in [0.2, 0.25) is 0 Å². The topological polar surface area (TPSA) is 72.5 Å². The molecule has 0 bridgehead atoms. The molecule has 6 nitrogen and oxygen atoms in total. The third-order valence-corrected chi connectivity index (χ3v) is 3.82. The molecule has 1 amide bonds. The van der Waals surface area contributed by atoms with E-state index in [2.05, 4.69) is 15.6 Å². The number of hydrogen-bond acceptors (Lipinski definition) is 5. The maximum Gasteiger partial charge on any atom is 0.255 e. The van der Waals surface area contributed by atoms with Crippen molar-refractivity contribution in [1.82, 2.24) is 4.98 Å². The molecule has 0 aliphatic carbocycles. The van der Waals surface area contributed by atoms with Gasteiger partial charge in [-0.1, -0.05) is 12.1 Å². The van der Waals surface area contributed by atoms with Crippen LogP contribution in [0.3, 0.4) is 0 Å². The molecule has 0 saturated heterocycles. The zero-order chi connectivity index (χ0) is 19.1. The largest absolute Gasteiger partial charge is 0.495 e. The molecule has 3 rings (SSSR count). The van der Waals surface area contributed by atoms with Crippen LogP contribution < -0.4 is 20.1 Å². The maximum absolute atomic E-state index is 12.5. The first kappa shape index (κ1) is 18.3. The zero-order valence-corrected chi connectivity index (χ0v) is 15.2. The van der Waals surface area contributed by atoms with Crippen LogP contribution in [0.4, 0.5) is 17.2 Å². The third kappa shape index (κ3) is 4.76. The van der Waals surface area contributed by atoms with Crippen LogP contribution in [0, 0.1) is 0 Å². The van der Waals surface area contributed by atoms with Gasteiger partial charge in [-0.25, -0.2) is 4.98 Å². The van der Waals surface area contributed by atoms with Gasteiger partial charge >= 0.3 is 0 Å². The third-order valence-electron chi connectivity index (χ3n) is 3.82. The highest BCUT2D eigenvalue weighted by molar-refractivity contribution is 6.04. The number of pyridine rings is 1. The molecule has 138 valence electrons. The van der Waals surface area contributed by atoms with Crippen molar-refractivity contribution in [1.29, 1.82) is 0 Å². The van der Waals surface area contributed by atoms with Crippen LogP contribution >= 0.6 is 0 Å². The molecule has 1 heterocycles. The number of methoxy groups -OCH3 is 1. The summed E-state index contributed by atoms with van der Waals surface area (Å²) in [6.07, 6.45) is 1.59. The lowest BCUT2D eigenvalue weighted by Gasteiger charge is -2.11. The van der Waals surface area contributed by atoms with E-state index in [1.807, 2.05) is 43.3 Å². The predicted molar refractivity (Wildman–Crippen MR) is 106 cm³/mol. The van der Waals surface area contributed by atoms with Crippen molar-refractivity contribution in [3.05, 3.63) is 72.4 Å². The molecule has 0 aliphatic rings. The standard InChI is InChI=1S/C21H21N3O3/c1-3-27-17-10-8-16(9-11-17)23-21(25)15-12-13-22-20(14-15)24-18-6-4-5-7-19(18)26-2/h4-14H,3H2,1-2H3,(H,22,24)(H,23,25). The molecule has 2 aromatic carbocycles. The molecule has 0 fully saturated rings. The van der Waals surface area contributed by atoms with Crippen molar-refractivity contribution in [3.63, 3.8) is 0 Å². The average Bonchev–Trinajstić information content (AvgIpc) is 2.70. The van der Waals surface area contributed by atoms with Crippen molar-refractivity contribution in [3.8, 4) is 11.5 Å². The first-order chi connectivity index (χ1) is 13.2. The first-order valence-corrected chi connectivity index (χ1v) is 8.60. The summed E-state index contributed by atoms with van der Waals surface area (Å²) in [6.45, 7) is 2.53. The molecule has 0 radical (unpaired) electrons. The average molecular weight is 363 g/mol. The molecule has 0 unspecified atom stereocenters. The molecule has 0 aliphatic heterocycles. The van der Waals surface area contributed by atoms with Crippen LogP contribution in [-0.4, -0.2) is 24.6 Å². The second-order valence-electron chi connectivity index (χ2n) is 5.67. The summed E-state index contributed by atoms with van der Waals surface area (Å²) in [4.78, 5) is 16.8. The Hall–Kier alpha value is -3.54. The van der Waals surface area contributed by atoms with Gasteiger partial charge in [0.2, 0.25) is 0 Å².